The molecule has 0 radical (unpaired) electrons. The molecule has 26 heavy (non-hydrogen) atoms. The van der Waals surface area contributed by atoms with Crippen molar-refractivity contribution in [2.24, 2.45) is 5.92 Å². The van der Waals surface area contributed by atoms with Crippen LogP contribution in [0.4, 0.5) is 5.69 Å². The number of Topliss-reactive ketones (excluding diaryl/α,β-unsaturated/α-hetero) is 1. The molecule has 1 aromatic carbocycles. The molecule has 3 rings (SSSR count). The fourth-order valence-corrected chi connectivity index (χ4v) is 4.18. The lowest BCUT2D eigenvalue weighted by Crippen LogP contribution is -3.16. The second kappa shape index (κ2) is 8.67. The van der Waals surface area contributed by atoms with Gasteiger partial charge in [0.2, 0.25) is 0 Å². The molecule has 1 saturated carbocycles. The molecule has 1 aromatic rings. The van der Waals surface area contributed by atoms with E-state index in [4.69, 9.17) is 0 Å². The van der Waals surface area contributed by atoms with Gasteiger partial charge in [-0.15, -0.1) is 0 Å². The fourth-order valence-electron chi connectivity index (χ4n) is 4.18. The van der Waals surface area contributed by atoms with Crippen LogP contribution >= 0.6 is 0 Å². The van der Waals surface area contributed by atoms with Crippen LogP contribution in [0, 0.1) is 5.92 Å². The number of piperazine rings is 1. The number of carbonyl (C=O) groups is 2. The zero-order valence-corrected chi connectivity index (χ0v) is 16.1. The predicted molar refractivity (Wildman–Crippen MR) is 104 cm³/mol. The monoisotopic (exact) mass is 358 g/mol. The molecule has 1 aliphatic heterocycles. The Labute approximate surface area is 156 Å². The highest BCUT2D eigenvalue weighted by Crippen LogP contribution is 2.23. The molecule has 1 saturated heterocycles. The second-order valence-corrected chi connectivity index (χ2v) is 7.95. The summed E-state index contributed by atoms with van der Waals surface area (Å²) in [4.78, 5) is 27.5. The van der Waals surface area contributed by atoms with Crippen LogP contribution in [-0.2, 0) is 4.79 Å². The number of hydrogen-bond acceptors (Lipinski definition) is 3. The van der Waals surface area contributed by atoms with E-state index in [1.807, 2.05) is 24.3 Å². The molecule has 0 bridgehead atoms. The number of anilines is 1. The topological polar surface area (TPSA) is 53.9 Å². The third kappa shape index (κ3) is 4.85. The first kappa shape index (κ1) is 18.9. The predicted octanol–water partition coefficient (Wildman–Crippen LogP) is 1.29. The minimum absolute atomic E-state index is 0.101. The van der Waals surface area contributed by atoms with Crippen LogP contribution in [0.3, 0.4) is 0 Å². The average Bonchev–Trinajstić information content (AvgIpc) is 2.64. The van der Waals surface area contributed by atoms with Crippen LogP contribution in [0.1, 0.15) is 49.9 Å². The Bertz CT molecular complexity index is 621. The number of amides is 1. The van der Waals surface area contributed by atoms with E-state index in [9.17, 15) is 9.59 Å². The van der Waals surface area contributed by atoms with Crippen LogP contribution in [0.25, 0.3) is 0 Å². The summed E-state index contributed by atoms with van der Waals surface area (Å²) in [6.45, 7) is 8.28. The average molecular weight is 359 g/mol. The molecule has 5 heteroatoms. The van der Waals surface area contributed by atoms with Gasteiger partial charge in [0.15, 0.2) is 12.3 Å². The molecule has 0 aromatic heterocycles. The van der Waals surface area contributed by atoms with E-state index in [0.29, 0.717) is 18.5 Å². The maximum Gasteiger partial charge on any atom is 0.275 e. The van der Waals surface area contributed by atoms with Crippen LogP contribution in [0.5, 0.6) is 0 Å². The van der Waals surface area contributed by atoms with Crippen molar-refractivity contribution in [1.29, 1.82) is 0 Å². The SMILES string of the molecule is CC(=O)c1ccc(N2CC[NH+](CC(=O)N[C@@H]3CCCC[C@H]3C)CC2)cc1. The van der Waals surface area contributed by atoms with E-state index in [1.165, 1.54) is 24.2 Å². The van der Waals surface area contributed by atoms with Gasteiger partial charge in [-0.25, -0.2) is 0 Å². The zero-order valence-electron chi connectivity index (χ0n) is 16.1. The van der Waals surface area contributed by atoms with Crippen LogP contribution in [0.15, 0.2) is 24.3 Å². The summed E-state index contributed by atoms with van der Waals surface area (Å²) in [6.07, 6.45) is 4.91. The largest absolute Gasteiger partial charge is 0.360 e. The Morgan fingerprint density at radius 2 is 1.77 bits per heavy atom. The van der Waals surface area contributed by atoms with Gasteiger partial charge in [0.1, 0.15) is 0 Å². The summed E-state index contributed by atoms with van der Waals surface area (Å²) in [7, 11) is 0. The highest BCUT2D eigenvalue weighted by molar-refractivity contribution is 5.94. The van der Waals surface area contributed by atoms with Crippen molar-refractivity contribution in [2.75, 3.05) is 37.6 Å². The van der Waals surface area contributed by atoms with E-state index in [0.717, 1.165) is 43.9 Å². The first-order chi connectivity index (χ1) is 12.5. The number of benzene rings is 1. The number of ketones is 1. The first-order valence-corrected chi connectivity index (χ1v) is 10.0. The van der Waals surface area contributed by atoms with Crippen molar-refractivity contribution in [3.8, 4) is 0 Å². The van der Waals surface area contributed by atoms with Crippen molar-refractivity contribution in [1.82, 2.24) is 5.32 Å². The quantitative estimate of drug-likeness (QED) is 0.780. The summed E-state index contributed by atoms with van der Waals surface area (Å²) in [6, 6.07) is 8.22. The van der Waals surface area contributed by atoms with E-state index in [2.05, 4.69) is 17.1 Å². The van der Waals surface area contributed by atoms with Crippen LogP contribution < -0.4 is 15.1 Å². The molecule has 0 unspecified atom stereocenters. The molecule has 2 atom stereocenters. The van der Waals surface area contributed by atoms with Gasteiger partial charge in [0.25, 0.3) is 5.91 Å². The lowest BCUT2D eigenvalue weighted by molar-refractivity contribution is -0.892. The Morgan fingerprint density at radius 1 is 1.12 bits per heavy atom. The zero-order chi connectivity index (χ0) is 18.5. The Kier molecular flexibility index (Phi) is 6.30. The Morgan fingerprint density at radius 3 is 2.38 bits per heavy atom. The van der Waals surface area contributed by atoms with Crippen molar-refractivity contribution in [2.45, 2.75) is 45.6 Å². The lowest BCUT2D eigenvalue weighted by atomic mass is 9.86. The van der Waals surface area contributed by atoms with Gasteiger partial charge in [-0.3, -0.25) is 9.59 Å². The van der Waals surface area contributed by atoms with Crippen LogP contribution in [-0.4, -0.2) is 50.5 Å². The van der Waals surface area contributed by atoms with Crippen molar-refractivity contribution in [3.05, 3.63) is 29.8 Å². The second-order valence-electron chi connectivity index (χ2n) is 7.95. The Hall–Kier alpha value is -1.88. The summed E-state index contributed by atoms with van der Waals surface area (Å²) < 4.78 is 0. The van der Waals surface area contributed by atoms with E-state index in [1.54, 1.807) is 6.92 Å². The fraction of sp³-hybridized carbons (Fsp3) is 0.619. The first-order valence-electron chi connectivity index (χ1n) is 10.0. The normalized spacial score (nSPS) is 24.3. The third-order valence-corrected chi connectivity index (χ3v) is 5.98. The van der Waals surface area contributed by atoms with Crippen molar-refractivity contribution in [3.63, 3.8) is 0 Å². The van der Waals surface area contributed by atoms with Gasteiger partial charge < -0.3 is 15.1 Å². The van der Waals surface area contributed by atoms with Crippen LogP contribution in [0.2, 0.25) is 0 Å². The molecule has 2 aliphatic rings. The smallest absolute Gasteiger partial charge is 0.275 e. The molecule has 142 valence electrons. The highest BCUT2D eigenvalue weighted by atomic mass is 16.2. The summed E-state index contributed by atoms with van der Waals surface area (Å²) in [5.74, 6) is 0.916. The highest BCUT2D eigenvalue weighted by Gasteiger charge is 2.26. The minimum Gasteiger partial charge on any atom is -0.360 e. The molecule has 2 N–H and O–H groups in total. The number of carbonyl (C=O) groups excluding carboxylic acids is 2. The van der Waals surface area contributed by atoms with Gasteiger partial charge >= 0.3 is 0 Å². The molecule has 1 heterocycles. The summed E-state index contributed by atoms with van der Waals surface area (Å²) >= 11 is 0. The number of nitrogens with zero attached hydrogens (tertiary/aromatic N) is 1. The standard InChI is InChI=1S/C21H31N3O2/c1-16-5-3-4-6-20(16)22-21(26)15-23-11-13-24(14-12-23)19-9-7-18(8-10-19)17(2)25/h7-10,16,20H,3-6,11-15H2,1-2H3,(H,22,26)/p+1/t16-,20-/m1/s1. The minimum atomic E-state index is 0.101. The molecule has 5 nitrogen and oxygen atoms in total. The molecular formula is C21H32N3O2+. The summed E-state index contributed by atoms with van der Waals surface area (Å²) in [5.41, 5.74) is 1.92. The van der Waals surface area contributed by atoms with E-state index < -0.39 is 0 Å². The molecular weight excluding hydrogens is 326 g/mol. The van der Waals surface area contributed by atoms with Gasteiger partial charge in [-0.05, 0) is 49.9 Å². The van der Waals surface area contributed by atoms with E-state index in [-0.39, 0.29) is 11.7 Å². The Balaban J connectivity index is 1.44. The van der Waals surface area contributed by atoms with Gasteiger partial charge in [-0.2, -0.15) is 0 Å². The lowest BCUT2D eigenvalue weighted by Gasteiger charge is -2.34. The molecule has 0 spiro atoms. The van der Waals surface area contributed by atoms with E-state index >= 15 is 0 Å². The van der Waals surface area contributed by atoms with Gasteiger partial charge in [-0.1, -0.05) is 19.8 Å². The number of rotatable bonds is 5. The maximum atomic E-state index is 12.4. The molecule has 1 aliphatic carbocycles. The molecule has 2 fully saturated rings. The van der Waals surface area contributed by atoms with Gasteiger partial charge in [0.05, 0.1) is 26.2 Å². The third-order valence-electron chi connectivity index (χ3n) is 5.98. The number of quaternary nitrogens is 1. The number of hydrogen-bond donors (Lipinski definition) is 2. The summed E-state index contributed by atoms with van der Waals surface area (Å²) in [5, 5.41) is 3.27. The van der Waals surface area contributed by atoms with Gasteiger partial charge in [0, 0.05) is 17.3 Å². The van der Waals surface area contributed by atoms with Crippen molar-refractivity contribution < 1.29 is 14.5 Å². The number of nitrogens with one attached hydrogen (secondary N) is 2. The maximum absolute atomic E-state index is 12.4. The molecule has 1 amide bonds. The van der Waals surface area contributed by atoms with Crippen molar-refractivity contribution >= 4 is 17.4 Å².